The Hall–Kier alpha value is -4.19. The van der Waals surface area contributed by atoms with E-state index in [2.05, 4.69) is 10.2 Å². The molecular weight excluding hydrogens is 509 g/mol. The zero-order valence-electron chi connectivity index (χ0n) is 19.6. The van der Waals surface area contributed by atoms with Gasteiger partial charge in [0.05, 0.1) is 21.7 Å². The summed E-state index contributed by atoms with van der Waals surface area (Å²) in [6, 6.07) is 16.1. The summed E-state index contributed by atoms with van der Waals surface area (Å²) >= 11 is 0. The number of nitrogens with zero attached hydrogens (tertiary/aromatic N) is 4. The van der Waals surface area contributed by atoms with Crippen molar-refractivity contribution in [3.63, 3.8) is 0 Å². The fraction of sp³-hybridized carbons (Fsp3) is 0.160. The molecular formula is C25H21F3N4O4S. The minimum Gasteiger partial charge on any atom is -0.493 e. The summed E-state index contributed by atoms with van der Waals surface area (Å²) in [4.78, 5) is 12.6. The van der Waals surface area contributed by atoms with Gasteiger partial charge in [0.15, 0.2) is 5.69 Å². The van der Waals surface area contributed by atoms with Crippen LogP contribution in [0.3, 0.4) is 0 Å². The van der Waals surface area contributed by atoms with E-state index >= 15 is 0 Å². The van der Waals surface area contributed by atoms with Gasteiger partial charge in [0.2, 0.25) is 5.88 Å². The lowest BCUT2D eigenvalue weighted by molar-refractivity contribution is -0.137. The van der Waals surface area contributed by atoms with Crippen LogP contribution in [0.4, 0.5) is 24.5 Å². The van der Waals surface area contributed by atoms with Crippen LogP contribution < -0.4 is 4.31 Å². The van der Waals surface area contributed by atoms with Crippen LogP contribution in [-0.4, -0.2) is 30.5 Å². The fourth-order valence-corrected chi connectivity index (χ4v) is 5.11. The van der Waals surface area contributed by atoms with E-state index in [1.165, 1.54) is 28.8 Å². The Balaban J connectivity index is 1.73. The number of amides is 1. The first-order chi connectivity index (χ1) is 17.4. The predicted octanol–water partition coefficient (Wildman–Crippen LogP) is 5.72. The second-order valence-corrected chi connectivity index (χ2v) is 10.1. The lowest BCUT2D eigenvalue weighted by Crippen LogP contribution is -2.35. The number of aromatic nitrogens is 1. The maximum absolute atomic E-state index is 13.4. The van der Waals surface area contributed by atoms with E-state index in [-0.39, 0.29) is 22.2 Å². The minimum atomic E-state index is -4.73. The third kappa shape index (κ3) is 5.19. The molecule has 12 heteroatoms. The van der Waals surface area contributed by atoms with Gasteiger partial charge in [-0.2, -0.15) is 13.2 Å². The van der Waals surface area contributed by atoms with Crippen molar-refractivity contribution in [3.05, 3.63) is 83.9 Å². The summed E-state index contributed by atoms with van der Waals surface area (Å²) < 4.78 is 68.9. The maximum Gasteiger partial charge on any atom is 0.416 e. The number of carbonyl (C=O) groups excluding carboxylic acids is 1. The van der Waals surface area contributed by atoms with E-state index < -0.39 is 34.2 Å². The average Bonchev–Trinajstić information content (AvgIpc) is 3.10. The molecule has 8 nitrogen and oxygen atoms in total. The molecule has 4 aromatic rings. The van der Waals surface area contributed by atoms with Gasteiger partial charge in [-0.1, -0.05) is 42.0 Å². The van der Waals surface area contributed by atoms with E-state index in [0.717, 1.165) is 23.8 Å². The van der Waals surface area contributed by atoms with Gasteiger partial charge in [0.1, 0.15) is 6.54 Å². The number of rotatable bonds is 6. The number of aromatic hydroxyl groups is 1. The van der Waals surface area contributed by atoms with Gasteiger partial charge in [-0.05, 0) is 43.3 Å². The Kier molecular flexibility index (Phi) is 6.78. The highest BCUT2D eigenvalue weighted by atomic mass is 32.2. The van der Waals surface area contributed by atoms with Crippen LogP contribution in [0.25, 0.3) is 10.9 Å². The second kappa shape index (κ2) is 9.69. The molecule has 0 aliphatic rings. The smallest absolute Gasteiger partial charge is 0.416 e. The number of hydrogen-bond donors (Lipinski definition) is 1. The van der Waals surface area contributed by atoms with Gasteiger partial charge in [0, 0.05) is 12.4 Å². The average molecular weight is 531 g/mol. The Labute approximate surface area is 210 Å². The molecule has 192 valence electrons. The highest BCUT2D eigenvalue weighted by Gasteiger charge is 2.33. The highest BCUT2D eigenvalue weighted by Crippen LogP contribution is 2.38. The maximum atomic E-state index is 13.4. The number of para-hydroxylation sites is 1. The lowest BCUT2D eigenvalue weighted by atomic mass is 10.2. The van der Waals surface area contributed by atoms with Gasteiger partial charge >= 0.3 is 6.18 Å². The molecule has 0 radical (unpaired) electrons. The van der Waals surface area contributed by atoms with Crippen LogP contribution in [-0.2, 0) is 28.0 Å². The third-order valence-corrected chi connectivity index (χ3v) is 7.45. The van der Waals surface area contributed by atoms with Crippen molar-refractivity contribution in [1.29, 1.82) is 0 Å². The molecule has 0 aliphatic heterocycles. The number of aryl methyl sites for hydroxylation is 2. The van der Waals surface area contributed by atoms with Crippen molar-refractivity contribution in [2.24, 2.45) is 17.3 Å². The predicted molar refractivity (Wildman–Crippen MR) is 131 cm³/mol. The molecule has 1 amide bonds. The number of alkyl halides is 3. The van der Waals surface area contributed by atoms with Crippen molar-refractivity contribution in [2.75, 3.05) is 10.8 Å². The largest absolute Gasteiger partial charge is 0.493 e. The van der Waals surface area contributed by atoms with E-state index in [4.69, 9.17) is 0 Å². The van der Waals surface area contributed by atoms with Gasteiger partial charge in [0.25, 0.3) is 15.9 Å². The Morgan fingerprint density at radius 3 is 2.38 bits per heavy atom. The number of halogens is 3. The van der Waals surface area contributed by atoms with Gasteiger partial charge in [-0.25, -0.2) is 8.42 Å². The number of azo groups is 1. The van der Waals surface area contributed by atoms with E-state index in [9.17, 15) is 31.5 Å². The zero-order valence-corrected chi connectivity index (χ0v) is 20.5. The van der Waals surface area contributed by atoms with Gasteiger partial charge < -0.3 is 9.67 Å². The summed E-state index contributed by atoms with van der Waals surface area (Å²) in [5.41, 5.74) is -0.0624. The molecule has 0 aliphatic carbocycles. The van der Waals surface area contributed by atoms with Crippen molar-refractivity contribution in [3.8, 4) is 5.88 Å². The lowest BCUT2D eigenvalue weighted by Gasteiger charge is -2.24. The second-order valence-electron chi connectivity index (χ2n) is 8.21. The van der Waals surface area contributed by atoms with Crippen LogP contribution in [0.5, 0.6) is 5.88 Å². The molecule has 4 rings (SSSR count). The fourth-order valence-electron chi connectivity index (χ4n) is 3.71. The number of hydrogen-bond acceptors (Lipinski definition) is 5. The SMILES string of the molecule is Cc1ccc(S(=O)(=O)N(CC(=O)N=Nc2c(O)n(C)c3ccccc23)c2cccc(C(F)(F)F)c2)cc1. The molecule has 37 heavy (non-hydrogen) atoms. The first-order valence-corrected chi connectivity index (χ1v) is 12.3. The molecule has 0 atom stereocenters. The number of anilines is 1. The molecule has 1 N–H and O–H groups in total. The standard InChI is InChI=1S/C25H21F3N4O4S/c1-16-10-12-19(13-11-16)37(35,36)32(18-7-5-6-17(14-18)25(26,27)28)15-22(33)29-30-23-20-8-3-4-9-21(20)31(2)24(23)34/h3-14,34H,15H2,1-2H3. The first kappa shape index (κ1) is 25.9. The minimum absolute atomic E-state index is 0.00143. The van der Waals surface area contributed by atoms with E-state index in [1.54, 1.807) is 38.2 Å². The van der Waals surface area contributed by atoms with E-state index in [0.29, 0.717) is 21.3 Å². The number of sulfonamides is 1. The Morgan fingerprint density at radius 2 is 1.70 bits per heavy atom. The normalized spacial score (nSPS) is 12.4. The first-order valence-electron chi connectivity index (χ1n) is 10.9. The molecule has 1 heterocycles. The Bertz CT molecular complexity index is 1610. The molecule has 3 aromatic carbocycles. The third-order valence-electron chi connectivity index (χ3n) is 5.66. The van der Waals surface area contributed by atoms with Crippen LogP contribution in [0.15, 0.2) is 87.9 Å². The van der Waals surface area contributed by atoms with Crippen LogP contribution in [0, 0.1) is 6.92 Å². The van der Waals surface area contributed by atoms with Gasteiger partial charge in [-0.15, -0.1) is 10.2 Å². The molecule has 1 aromatic heterocycles. The Morgan fingerprint density at radius 1 is 1.03 bits per heavy atom. The van der Waals surface area contributed by atoms with Crippen molar-refractivity contribution in [1.82, 2.24) is 4.57 Å². The van der Waals surface area contributed by atoms with Crippen LogP contribution >= 0.6 is 0 Å². The molecule has 0 saturated carbocycles. The van der Waals surface area contributed by atoms with E-state index in [1.807, 2.05) is 0 Å². The molecule has 0 fully saturated rings. The quantitative estimate of drug-likeness (QED) is 0.322. The van der Waals surface area contributed by atoms with Crippen LogP contribution in [0.1, 0.15) is 11.1 Å². The molecule has 0 spiro atoms. The summed E-state index contributed by atoms with van der Waals surface area (Å²) in [6.45, 7) is 0.820. The number of carbonyl (C=O) groups is 1. The van der Waals surface area contributed by atoms with Crippen molar-refractivity contribution in [2.45, 2.75) is 18.0 Å². The number of benzene rings is 3. The highest BCUT2D eigenvalue weighted by molar-refractivity contribution is 7.92. The molecule has 0 unspecified atom stereocenters. The molecule has 0 bridgehead atoms. The topological polar surface area (TPSA) is 104 Å². The van der Waals surface area contributed by atoms with Crippen molar-refractivity contribution >= 4 is 38.2 Å². The molecule has 0 saturated heterocycles. The van der Waals surface area contributed by atoms with Crippen molar-refractivity contribution < 1.29 is 31.5 Å². The summed E-state index contributed by atoms with van der Waals surface area (Å²) in [5.74, 6) is -1.32. The zero-order chi connectivity index (χ0) is 27.0. The number of fused-ring (bicyclic) bond motifs is 1. The summed E-state index contributed by atoms with van der Waals surface area (Å²) in [5, 5.41) is 18.3. The summed E-state index contributed by atoms with van der Waals surface area (Å²) in [6.07, 6.45) is -4.73. The monoisotopic (exact) mass is 530 g/mol. The summed E-state index contributed by atoms with van der Waals surface area (Å²) in [7, 11) is -2.87. The van der Waals surface area contributed by atoms with Crippen LogP contribution in [0.2, 0.25) is 0 Å². The van der Waals surface area contributed by atoms with Gasteiger partial charge in [-0.3, -0.25) is 9.10 Å².